The molecule has 2 aromatic rings. The standard InChI is InChI=1S/C17H19N3O5/c1-10-7-19(8-11(2)25-10)14(21)9-20-16(22)13-6-4-3-5-12(13)15(18-20)17(23)24/h3-6,10-11H,7-9H2,1-2H3,(H,23,24). The Balaban J connectivity index is 1.96. The van der Waals surface area contributed by atoms with E-state index in [1.807, 2.05) is 13.8 Å². The summed E-state index contributed by atoms with van der Waals surface area (Å²) in [6, 6.07) is 6.35. The quantitative estimate of drug-likeness (QED) is 0.880. The molecule has 1 N–H and O–H groups in total. The fourth-order valence-corrected chi connectivity index (χ4v) is 3.11. The zero-order chi connectivity index (χ0) is 18.1. The van der Waals surface area contributed by atoms with Crippen molar-refractivity contribution < 1.29 is 19.4 Å². The van der Waals surface area contributed by atoms with Crippen LogP contribution in [0.1, 0.15) is 24.3 Å². The van der Waals surface area contributed by atoms with Crippen molar-refractivity contribution in [1.82, 2.24) is 14.7 Å². The first-order valence-electron chi connectivity index (χ1n) is 8.03. The lowest BCUT2D eigenvalue weighted by molar-refractivity contribution is -0.144. The Kier molecular flexibility index (Phi) is 4.54. The molecule has 0 saturated carbocycles. The molecule has 132 valence electrons. The number of fused-ring (bicyclic) bond motifs is 1. The minimum atomic E-state index is -1.24. The molecule has 8 heteroatoms. The molecular weight excluding hydrogens is 326 g/mol. The lowest BCUT2D eigenvalue weighted by atomic mass is 10.1. The van der Waals surface area contributed by atoms with Gasteiger partial charge in [0.2, 0.25) is 5.91 Å². The van der Waals surface area contributed by atoms with E-state index in [2.05, 4.69) is 5.10 Å². The van der Waals surface area contributed by atoms with Crippen LogP contribution in [0.25, 0.3) is 10.8 Å². The molecule has 1 amide bonds. The van der Waals surface area contributed by atoms with Gasteiger partial charge in [-0.05, 0) is 19.9 Å². The van der Waals surface area contributed by atoms with Gasteiger partial charge in [-0.3, -0.25) is 9.59 Å². The number of carboxylic acid groups (broad SMARTS) is 1. The van der Waals surface area contributed by atoms with E-state index in [9.17, 15) is 19.5 Å². The minimum Gasteiger partial charge on any atom is -0.476 e. The summed E-state index contributed by atoms with van der Waals surface area (Å²) in [5, 5.41) is 13.7. The van der Waals surface area contributed by atoms with Crippen LogP contribution in [0.15, 0.2) is 29.1 Å². The van der Waals surface area contributed by atoms with Crippen LogP contribution in [0.5, 0.6) is 0 Å². The number of hydrogen-bond acceptors (Lipinski definition) is 5. The molecule has 3 rings (SSSR count). The first-order valence-corrected chi connectivity index (χ1v) is 8.03. The highest BCUT2D eigenvalue weighted by Gasteiger charge is 2.27. The van der Waals surface area contributed by atoms with Crippen LogP contribution < -0.4 is 5.56 Å². The maximum atomic E-state index is 12.6. The number of morpholine rings is 1. The fraction of sp³-hybridized carbons (Fsp3) is 0.412. The molecular formula is C17H19N3O5. The largest absolute Gasteiger partial charge is 0.476 e. The second kappa shape index (κ2) is 6.64. The number of carbonyl (C=O) groups is 2. The number of hydrogen-bond donors (Lipinski definition) is 1. The number of carboxylic acids is 1. The molecule has 1 fully saturated rings. The SMILES string of the molecule is CC1CN(C(=O)Cn2nc(C(=O)O)c3ccccc3c2=O)CC(C)O1. The van der Waals surface area contributed by atoms with Crippen LogP contribution >= 0.6 is 0 Å². The van der Waals surface area contributed by atoms with E-state index in [1.165, 1.54) is 12.1 Å². The van der Waals surface area contributed by atoms with Gasteiger partial charge in [-0.2, -0.15) is 5.10 Å². The molecule has 8 nitrogen and oxygen atoms in total. The van der Waals surface area contributed by atoms with Crippen molar-refractivity contribution in [2.45, 2.75) is 32.6 Å². The summed E-state index contributed by atoms with van der Waals surface area (Å²) in [6.45, 7) is 4.30. The molecule has 2 unspecified atom stereocenters. The molecule has 0 aliphatic carbocycles. The number of rotatable bonds is 3. The second-order valence-corrected chi connectivity index (χ2v) is 6.22. The average molecular weight is 345 g/mol. The molecule has 0 radical (unpaired) electrons. The Morgan fingerprint density at radius 2 is 1.80 bits per heavy atom. The van der Waals surface area contributed by atoms with E-state index in [0.717, 1.165) is 4.68 Å². The summed E-state index contributed by atoms with van der Waals surface area (Å²) in [4.78, 5) is 38.2. The van der Waals surface area contributed by atoms with Gasteiger partial charge in [-0.15, -0.1) is 0 Å². The topological polar surface area (TPSA) is 102 Å². The van der Waals surface area contributed by atoms with Gasteiger partial charge in [0.1, 0.15) is 6.54 Å². The number of nitrogens with zero attached hydrogens (tertiary/aromatic N) is 3. The van der Waals surface area contributed by atoms with Crippen LogP contribution in [0.3, 0.4) is 0 Å². The van der Waals surface area contributed by atoms with Crippen molar-refractivity contribution in [3.05, 3.63) is 40.3 Å². The van der Waals surface area contributed by atoms with E-state index >= 15 is 0 Å². The zero-order valence-electron chi connectivity index (χ0n) is 14.0. The summed E-state index contributed by atoms with van der Waals surface area (Å²) >= 11 is 0. The molecule has 1 saturated heterocycles. The number of benzene rings is 1. The van der Waals surface area contributed by atoms with Crippen LogP contribution in [0.2, 0.25) is 0 Å². The van der Waals surface area contributed by atoms with Crippen LogP contribution in [0, 0.1) is 0 Å². The van der Waals surface area contributed by atoms with Gasteiger partial charge in [0, 0.05) is 18.5 Å². The van der Waals surface area contributed by atoms with E-state index in [-0.39, 0.29) is 41.1 Å². The average Bonchev–Trinajstić information content (AvgIpc) is 2.56. The van der Waals surface area contributed by atoms with Crippen LogP contribution in [0.4, 0.5) is 0 Å². The van der Waals surface area contributed by atoms with Crippen molar-refractivity contribution >= 4 is 22.6 Å². The third kappa shape index (κ3) is 3.39. The van der Waals surface area contributed by atoms with E-state index < -0.39 is 11.5 Å². The molecule has 25 heavy (non-hydrogen) atoms. The highest BCUT2D eigenvalue weighted by molar-refractivity contribution is 6.01. The molecule has 2 atom stereocenters. The predicted octanol–water partition coefficient (Wildman–Crippen LogP) is 0.730. The summed E-state index contributed by atoms with van der Waals surface area (Å²) in [5.74, 6) is -1.53. The number of amides is 1. The third-order valence-electron chi connectivity index (χ3n) is 4.13. The van der Waals surface area contributed by atoms with Gasteiger partial charge in [-0.25, -0.2) is 9.48 Å². The van der Waals surface area contributed by atoms with Gasteiger partial charge < -0.3 is 14.7 Å². The summed E-state index contributed by atoms with van der Waals surface area (Å²) in [6.07, 6.45) is -0.188. The van der Waals surface area contributed by atoms with Gasteiger partial charge >= 0.3 is 5.97 Å². The fourth-order valence-electron chi connectivity index (χ4n) is 3.11. The Morgan fingerprint density at radius 3 is 2.40 bits per heavy atom. The molecule has 1 aromatic heterocycles. The van der Waals surface area contributed by atoms with Gasteiger partial charge in [0.05, 0.1) is 17.6 Å². The Bertz CT molecular complexity index is 881. The Morgan fingerprint density at radius 1 is 1.20 bits per heavy atom. The molecule has 2 heterocycles. The molecule has 1 aliphatic heterocycles. The van der Waals surface area contributed by atoms with Crippen molar-refractivity contribution in [2.75, 3.05) is 13.1 Å². The van der Waals surface area contributed by atoms with E-state index in [4.69, 9.17) is 4.74 Å². The second-order valence-electron chi connectivity index (χ2n) is 6.22. The summed E-state index contributed by atoms with van der Waals surface area (Å²) in [7, 11) is 0. The number of ether oxygens (including phenoxy) is 1. The molecule has 0 bridgehead atoms. The maximum absolute atomic E-state index is 12.6. The van der Waals surface area contributed by atoms with Crippen LogP contribution in [-0.4, -0.2) is 57.0 Å². The van der Waals surface area contributed by atoms with Crippen LogP contribution in [-0.2, 0) is 16.1 Å². The first kappa shape index (κ1) is 17.1. The van der Waals surface area contributed by atoms with Gasteiger partial charge in [0.25, 0.3) is 5.56 Å². The van der Waals surface area contributed by atoms with E-state index in [1.54, 1.807) is 17.0 Å². The summed E-state index contributed by atoms with van der Waals surface area (Å²) in [5.41, 5.74) is -0.727. The van der Waals surface area contributed by atoms with Gasteiger partial charge in [-0.1, -0.05) is 18.2 Å². The molecule has 1 aromatic carbocycles. The smallest absolute Gasteiger partial charge is 0.357 e. The van der Waals surface area contributed by atoms with Gasteiger partial charge in [0.15, 0.2) is 5.69 Å². The maximum Gasteiger partial charge on any atom is 0.357 e. The normalized spacial score (nSPS) is 20.6. The summed E-state index contributed by atoms with van der Waals surface area (Å²) < 4.78 is 6.52. The monoisotopic (exact) mass is 345 g/mol. The number of aromatic carboxylic acids is 1. The van der Waals surface area contributed by atoms with Crippen molar-refractivity contribution in [2.24, 2.45) is 0 Å². The lowest BCUT2D eigenvalue weighted by Crippen LogP contribution is -2.49. The molecule has 1 aliphatic rings. The highest BCUT2D eigenvalue weighted by Crippen LogP contribution is 2.14. The van der Waals surface area contributed by atoms with Crippen molar-refractivity contribution in [3.63, 3.8) is 0 Å². The highest BCUT2D eigenvalue weighted by atomic mass is 16.5. The Labute approximate surface area is 143 Å². The number of aromatic nitrogens is 2. The third-order valence-corrected chi connectivity index (χ3v) is 4.13. The lowest BCUT2D eigenvalue weighted by Gasteiger charge is -2.35. The minimum absolute atomic E-state index is 0.0939. The molecule has 0 spiro atoms. The Hall–Kier alpha value is -2.74. The zero-order valence-corrected chi connectivity index (χ0v) is 14.0. The van der Waals surface area contributed by atoms with Crippen molar-refractivity contribution in [3.8, 4) is 0 Å². The predicted molar refractivity (Wildman–Crippen MR) is 89.6 cm³/mol. The van der Waals surface area contributed by atoms with E-state index in [0.29, 0.717) is 13.1 Å². The number of carbonyl (C=O) groups excluding carboxylic acids is 1. The first-order chi connectivity index (χ1) is 11.9. The van der Waals surface area contributed by atoms with Crippen molar-refractivity contribution in [1.29, 1.82) is 0 Å².